The fourth-order valence-electron chi connectivity index (χ4n) is 8.25. The summed E-state index contributed by atoms with van der Waals surface area (Å²) in [4.78, 5) is 9.74. The largest absolute Gasteiger partial charge is 0.385 e. The molecule has 2 heterocycles. The number of likely N-dealkylation sites (N-methyl/N-ethyl adjacent to an activating group) is 2. The minimum Gasteiger partial charge on any atom is -0.385 e. The Labute approximate surface area is 282 Å². The molecular weight excluding hydrogens is 599 g/mol. The van der Waals surface area contributed by atoms with E-state index in [2.05, 4.69) is 33.7 Å². The van der Waals surface area contributed by atoms with Crippen LogP contribution in [0.5, 0.6) is 0 Å². The van der Waals surface area contributed by atoms with Crippen molar-refractivity contribution < 1.29 is 14.6 Å². The predicted octanol–water partition coefficient (Wildman–Crippen LogP) is 6.20. The van der Waals surface area contributed by atoms with Gasteiger partial charge in [-0.05, 0) is 75.2 Å². The van der Waals surface area contributed by atoms with E-state index in [1.807, 2.05) is 30.3 Å². The first-order chi connectivity index (χ1) is 22.2. The van der Waals surface area contributed by atoms with E-state index >= 15 is 0 Å². The molecule has 8 heteroatoms. The number of benzene rings is 2. The molecule has 0 aromatic heterocycles. The number of aliphatic hydroxyl groups is 2. The van der Waals surface area contributed by atoms with Gasteiger partial charge in [0, 0.05) is 82.3 Å². The number of rotatable bonds is 6. The van der Waals surface area contributed by atoms with Crippen LogP contribution in [0, 0.1) is 17.7 Å². The van der Waals surface area contributed by atoms with E-state index in [0.29, 0.717) is 5.92 Å². The minimum absolute atomic E-state index is 0.190. The molecule has 46 heavy (non-hydrogen) atoms. The molecule has 0 amide bonds. The molecule has 6 nitrogen and oxygen atoms in total. The lowest BCUT2D eigenvalue weighted by atomic mass is 9.77. The Kier molecular flexibility index (Phi) is 13.0. The Bertz CT molecular complexity index is 1130. The maximum absolute atomic E-state index is 13.7. The maximum Gasteiger partial charge on any atom is 0.123 e. The highest BCUT2D eigenvalue weighted by Crippen LogP contribution is 2.43. The Morgan fingerprint density at radius 3 is 1.57 bits per heavy atom. The Balaban J connectivity index is 0.000000181. The molecule has 0 bridgehead atoms. The van der Waals surface area contributed by atoms with Gasteiger partial charge in [0.2, 0.25) is 0 Å². The van der Waals surface area contributed by atoms with Gasteiger partial charge >= 0.3 is 0 Å². The van der Waals surface area contributed by atoms with Crippen molar-refractivity contribution in [1.29, 1.82) is 0 Å². The maximum atomic E-state index is 13.7. The highest BCUT2D eigenvalue weighted by atomic mass is 35.5. The molecule has 4 fully saturated rings. The average Bonchev–Trinajstić information content (AvgIpc) is 3.36. The third kappa shape index (κ3) is 9.31. The van der Waals surface area contributed by atoms with E-state index in [9.17, 15) is 14.6 Å². The topological polar surface area (TPSA) is 53.4 Å². The van der Waals surface area contributed by atoms with Gasteiger partial charge in [0.15, 0.2) is 0 Å². The number of nitrogens with zero attached hydrogens (tertiary/aromatic N) is 4. The highest BCUT2D eigenvalue weighted by molar-refractivity contribution is 6.30. The van der Waals surface area contributed by atoms with Crippen LogP contribution in [0.3, 0.4) is 0 Å². The quantitative estimate of drug-likeness (QED) is 0.362. The van der Waals surface area contributed by atoms with Gasteiger partial charge in [-0.2, -0.15) is 0 Å². The normalized spacial score (nSPS) is 31.0. The van der Waals surface area contributed by atoms with Crippen molar-refractivity contribution in [3.05, 3.63) is 70.5 Å². The zero-order valence-electron chi connectivity index (χ0n) is 28.4. The molecular formula is C38H58ClFN4O2. The molecule has 4 atom stereocenters. The summed E-state index contributed by atoms with van der Waals surface area (Å²) in [6.07, 6.45) is 10.6. The third-order valence-corrected chi connectivity index (χ3v) is 11.6. The van der Waals surface area contributed by atoms with Crippen LogP contribution in [0.1, 0.15) is 75.3 Å². The molecule has 2 aromatic rings. The summed E-state index contributed by atoms with van der Waals surface area (Å²) in [6.45, 7) is 10.7. The lowest BCUT2D eigenvalue weighted by molar-refractivity contribution is -0.0468. The van der Waals surface area contributed by atoms with Crippen LogP contribution in [0.15, 0.2) is 48.5 Å². The number of hydrogen-bond acceptors (Lipinski definition) is 6. The molecule has 2 N–H and O–H groups in total. The summed E-state index contributed by atoms with van der Waals surface area (Å²) in [6, 6.07) is 14.5. The molecule has 2 saturated heterocycles. The van der Waals surface area contributed by atoms with Crippen LogP contribution in [-0.2, 0) is 11.2 Å². The zero-order valence-corrected chi connectivity index (χ0v) is 29.1. The summed E-state index contributed by atoms with van der Waals surface area (Å²) in [5.74, 6) is 0.237. The summed E-state index contributed by atoms with van der Waals surface area (Å²) < 4.78 is 13.7. The molecule has 4 aliphatic rings. The van der Waals surface area contributed by atoms with Crippen molar-refractivity contribution in [3.8, 4) is 0 Å². The first-order valence-electron chi connectivity index (χ1n) is 17.9. The Hall–Kier alpha value is -1.58. The predicted molar refractivity (Wildman–Crippen MR) is 187 cm³/mol. The number of piperazine rings is 2. The lowest BCUT2D eigenvalue weighted by Gasteiger charge is -2.41. The van der Waals surface area contributed by atoms with Crippen molar-refractivity contribution in [2.45, 2.75) is 75.4 Å². The van der Waals surface area contributed by atoms with Gasteiger partial charge in [-0.15, -0.1) is 0 Å². The number of hydrogen-bond donors (Lipinski definition) is 2. The SMILES string of the molecule is CN1CCN(CC2CCCCCC2(O)c2cccc(Cl)c2)CC1.CN1CCN(CC2CCCCCC2(O)c2cccc(F)c2)CC1. The van der Waals surface area contributed by atoms with Crippen LogP contribution in [0.4, 0.5) is 4.39 Å². The van der Waals surface area contributed by atoms with Crippen LogP contribution >= 0.6 is 11.6 Å². The second kappa shape index (κ2) is 16.7. The van der Waals surface area contributed by atoms with Gasteiger partial charge in [0.1, 0.15) is 5.82 Å². The molecule has 2 aromatic carbocycles. The third-order valence-electron chi connectivity index (χ3n) is 11.4. The minimum atomic E-state index is -0.887. The van der Waals surface area contributed by atoms with Gasteiger partial charge in [-0.25, -0.2) is 4.39 Å². The van der Waals surface area contributed by atoms with E-state index in [-0.39, 0.29) is 11.7 Å². The summed E-state index contributed by atoms with van der Waals surface area (Å²) in [5.41, 5.74) is 0.150. The van der Waals surface area contributed by atoms with Crippen LogP contribution in [0.2, 0.25) is 5.02 Å². The fraction of sp³-hybridized carbons (Fsp3) is 0.684. The van der Waals surface area contributed by atoms with Crippen molar-refractivity contribution in [3.63, 3.8) is 0 Å². The van der Waals surface area contributed by atoms with Crippen LogP contribution in [-0.4, -0.2) is 109 Å². The average molecular weight is 657 g/mol. The van der Waals surface area contributed by atoms with E-state index < -0.39 is 11.2 Å². The first-order valence-corrected chi connectivity index (χ1v) is 18.3. The van der Waals surface area contributed by atoms with Gasteiger partial charge in [0.05, 0.1) is 11.2 Å². The van der Waals surface area contributed by atoms with Crippen molar-refractivity contribution in [2.24, 2.45) is 11.8 Å². The molecule has 6 rings (SSSR count). The summed E-state index contributed by atoms with van der Waals surface area (Å²) in [7, 11) is 4.34. The van der Waals surface area contributed by atoms with Crippen LogP contribution in [0.25, 0.3) is 0 Å². The Morgan fingerprint density at radius 1 is 0.652 bits per heavy atom. The lowest BCUT2D eigenvalue weighted by Crippen LogP contribution is -2.49. The molecule has 256 valence electrons. The molecule has 2 saturated carbocycles. The summed E-state index contributed by atoms with van der Waals surface area (Å²) >= 11 is 6.20. The fourth-order valence-corrected chi connectivity index (χ4v) is 8.44. The number of halogens is 2. The molecule has 2 aliphatic heterocycles. The zero-order chi connectivity index (χ0) is 32.6. The monoisotopic (exact) mass is 656 g/mol. The van der Waals surface area contributed by atoms with Gasteiger partial charge in [0.25, 0.3) is 0 Å². The molecule has 2 aliphatic carbocycles. The van der Waals surface area contributed by atoms with Crippen molar-refractivity contribution in [2.75, 3.05) is 79.5 Å². The highest BCUT2D eigenvalue weighted by Gasteiger charge is 2.41. The standard InChI is InChI=1S/C19H29ClN2O.C19H29FN2O/c2*1-21-10-12-22(13-11-21)15-17-6-3-2-4-9-19(17,23)16-7-5-8-18(20)14-16/h2*5,7-8,14,17,23H,2-4,6,9-13,15H2,1H3. The van der Waals surface area contributed by atoms with E-state index in [4.69, 9.17) is 11.6 Å². The van der Waals surface area contributed by atoms with Crippen LogP contribution < -0.4 is 0 Å². The van der Waals surface area contributed by atoms with Crippen molar-refractivity contribution >= 4 is 11.6 Å². The molecule has 0 radical (unpaired) electrons. The van der Waals surface area contributed by atoms with Gasteiger partial charge < -0.3 is 29.8 Å². The van der Waals surface area contributed by atoms with E-state index in [1.54, 1.807) is 6.07 Å². The first kappa shape index (κ1) is 35.7. The second-order valence-electron chi connectivity index (χ2n) is 14.7. The second-order valence-corrected chi connectivity index (χ2v) is 15.1. The Morgan fingerprint density at radius 2 is 1.11 bits per heavy atom. The van der Waals surface area contributed by atoms with Gasteiger partial charge in [-0.1, -0.05) is 74.4 Å². The molecule has 0 spiro atoms. The van der Waals surface area contributed by atoms with E-state index in [0.717, 1.165) is 133 Å². The van der Waals surface area contributed by atoms with Gasteiger partial charge in [-0.3, -0.25) is 0 Å². The summed E-state index contributed by atoms with van der Waals surface area (Å²) in [5, 5.41) is 23.8. The van der Waals surface area contributed by atoms with E-state index in [1.165, 1.54) is 25.0 Å². The smallest absolute Gasteiger partial charge is 0.123 e. The van der Waals surface area contributed by atoms with Crippen molar-refractivity contribution in [1.82, 2.24) is 19.6 Å². The molecule has 4 unspecified atom stereocenters.